The lowest BCUT2D eigenvalue weighted by Gasteiger charge is -2.02. The van der Waals surface area contributed by atoms with Gasteiger partial charge in [0, 0.05) is 14.0 Å². The van der Waals surface area contributed by atoms with Gasteiger partial charge < -0.3 is 0 Å². The number of sulfonamides is 1. The zero-order valence-electron chi connectivity index (χ0n) is 11.3. The molecule has 1 heterocycles. The molecule has 20 heavy (non-hydrogen) atoms. The van der Waals surface area contributed by atoms with E-state index < -0.39 is 10.0 Å². The van der Waals surface area contributed by atoms with Gasteiger partial charge in [-0.1, -0.05) is 26.0 Å². The molecule has 2 aromatic rings. The van der Waals surface area contributed by atoms with E-state index in [2.05, 4.69) is 36.4 Å². The summed E-state index contributed by atoms with van der Waals surface area (Å²) in [6.45, 7) is 4.22. The molecule has 2 rings (SSSR count). The van der Waals surface area contributed by atoms with Crippen molar-refractivity contribution in [3.8, 4) is 11.1 Å². The average Bonchev–Trinajstić information content (AvgIpc) is 2.72. The number of halogens is 1. The second kappa shape index (κ2) is 6.13. The third-order valence-electron chi connectivity index (χ3n) is 2.77. The van der Waals surface area contributed by atoms with Gasteiger partial charge in [-0.05, 0) is 58.7 Å². The molecule has 0 aliphatic heterocycles. The van der Waals surface area contributed by atoms with Crippen LogP contribution in [0.15, 0.2) is 34.5 Å². The third kappa shape index (κ3) is 3.81. The molecule has 2 N–H and O–H groups in total. The Kier molecular flexibility index (Phi) is 4.88. The average molecular weight is 421 g/mol. The second-order valence-electron chi connectivity index (χ2n) is 5.06. The van der Waals surface area contributed by atoms with Crippen LogP contribution in [0.4, 0.5) is 0 Å². The largest absolute Gasteiger partial charge is 0.248 e. The van der Waals surface area contributed by atoms with Gasteiger partial charge in [-0.3, -0.25) is 0 Å². The summed E-state index contributed by atoms with van der Waals surface area (Å²) >= 11 is 3.50. The number of hydrogen-bond donors (Lipinski definition) is 1. The van der Waals surface area contributed by atoms with Crippen LogP contribution < -0.4 is 5.14 Å². The third-order valence-corrected chi connectivity index (χ3v) is 6.13. The quantitative estimate of drug-likeness (QED) is 0.763. The van der Waals surface area contributed by atoms with Crippen molar-refractivity contribution in [2.24, 2.45) is 11.1 Å². The molecule has 0 saturated heterocycles. The summed E-state index contributed by atoms with van der Waals surface area (Å²) in [5.41, 5.74) is 1.60. The van der Waals surface area contributed by atoms with Gasteiger partial charge in [0.1, 0.15) is 4.21 Å². The minimum Gasteiger partial charge on any atom is -0.224 e. The van der Waals surface area contributed by atoms with E-state index in [-0.39, 0.29) is 4.21 Å². The van der Waals surface area contributed by atoms with E-state index >= 15 is 0 Å². The van der Waals surface area contributed by atoms with Crippen LogP contribution in [0.3, 0.4) is 0 Å². The molecule has 0 saturated carbocycles. The highest BCUT2D eigenvalue weighted by Gasteiger charge is 2.20. The first-order valence-corrected chi connectivity index (χ1v) is 9.63. The molecular formula is C14H16INO2S2. The van der Waals surface area contributed by atoms with E-state index in [1.807, 2.05) is 30.3 Å². The predicted molar refractivity (Wildman–Crippen MR) is 92.4 cm³/mol. The normalized spacial score (nSPS) is 12.1. The zero-order valence-corrected chi connectivity index (χ0v) is 15.1. The first kappa shape index (κ1) is 15.9. The maximum atomic E-state index is 11.8. The fourth-order valence-corrected chi connectivity index (χ4v) is 4.72. The van der Waals surface area contributed by atoms with Crippen LogP contribution in [0, 0.1) is 9.49 Å². The summed E-state index contributed by atoms with van der Waals surface area (Å²) < 4.78 is 24.9. The molecule has 1 aromatic carbocycles. The molecule has 0 atom stereocenters. The van der Waals surface area contributed by atoms with Crippen molar-refractivity contribution in [3.05, 3.63) is 38.8 Å². The van der Waals surface area contributed by atoms with Crippen molar-refractivity contribution in [3.63, 3.8) is 0 Å². The summed E-state index contributed by atoms with van der Waals surface area (Å²) in [6.07, 6.45) is 0.859. The summed E-state index contributed by atoms with van der Waals surface area (Å²) in [7, 11) is -3.69. The van der Waals surface area contributed by atoms with Crippen LogP contribution in [-0.2, 0) is 16.4 Å². The Labute approximate surface area is 137 Å². The minimum absolute atomic E-state index is 0.259. The Hall–Kier alpha value is -0.440. The molecule has 0 bridgehead atoms. The minimum atomic E-state index is -3.69. The fourth-order valence-electron chi connectivity index (χ4n) is 1.97. The van der Waals surface area contributed by atoms with Gasteiger partial charge in [0.2, 0.25) is 10.0 Å². The van der Waals surface area contributed by atoms with Gasteiger partial charge in [-0.25, -0.2) is 13.6 Å². The van der Waals surface area contributed by atoms with Crippen LogP contribution in [-0.4, -0.2) is 8.42 Å². The summed E-state index contributed by atoms with van der Waals surface area (Å²) in [6, 6.07) is 9.73. The molecule has 0 unspecified atom stereocenters. The smallest absolute Gasteiger partial charge is 0.224 e. The first-order chi connectivity index (χ1) is 9.27. The lowest BCUT2D eigenvalue weighted by Crippen LogP contribution is -2.11. The zero-order chi connectivity index (χ0) is 14.9. The summed E-state index contributed by atoms with van der Waals surface area (Å²) in [4.78, 5) is 1.05. The molecule has 108 valence electrons. The maximum absolute atomic E-state index is 11.8. The highest BCUT2D eigenvalue weighted by atomic mass is 127. The fraction of sp³-hybridized carbons (Fsp3) is 0.286. The van der Waals surface area contributed by atoms with Gasteiger partial charge in [0.15, 0.2) is 0 Å². The van der Waals surface area contributed by atoms with Crippen molar-refractivity contribution >= 4 is 44.0 Å². The van der Waals surface area contributed by atoms with Crippen molar-refractivity contribution < 1.29 is 8.42 Å². The van der Waals surface area contributed by atoms with E-state index in [0.29, 0.717) is 11.5 Å². The lowest BCUT2D eigenvalue weighted by atomic mass is 10.1. The molecule has 3 nitrogen and oxygen atoms in total. The van der Waals surface area contributed by atoms with E-state index in [1.165, 1.54) is 11.3 Å². The van der Waals surface area contributed by atoms with Gasteiger partial charge in [-0.15, -0.1) is 11.3 Å². The summed E-state index contributed by atoms with van der Waals surface area (Å²) in [5, 5.41) is 5.35. The van der Waals surface area contributed by atoms with Crippen molar-refractivity contribution in [2.75, 3.05) is 0 Å². The van der Waals surface area contributed by atoms with E-state index in [0.717, 1.165) is 20.4 Å². The molecule has 0 spiro atoms. The van der Waals surface area contributed by atoms with Crippen molar-refractivity contribution in [2.45, 2.75) is 24.5 Å². The number of primary sulfonamides is 1. The standard InChI is InChI=1S/C14H16INO2S2/c1-9(2)7-12-8-13(14(19-12)20(16,17)18)10-3-5-11(15)6-4-10/h3-6,8-9H,7H2,1-2H3,(H2,16,17,18). The first-order valence-electron chi connectivity index (χ1n) is 6.19. The Morgan fingerprint density at radius 1 is 1.25 bits per heavy atom. The van der Waals surface area contributed by atoms with Gasteiger partial charge >= 0.3 is 0 Å². The second-order valence-corrected chi connectivity index (χ2v) is 9.20. The molecule has 0 fully saturated rings. The maximum Gasteiger partial charge on any atom is 0.248 e. The van der Waals surface area contributed by atoms with E-state index in [1.54, 1.807) is 0 Å². The molecule has 6 heteroatoms. The Morgan fingerprint density at radius 2 is 1.85 bits per heavy atom. The number of nitrogens with two attached hydrogens (primary N) is 1. The Morgan fingerprint density at radius 3 is 2.35 bits per heavy atom. The van der Waals surface area contributed by atoms with Crippen LogP contribution in [0.1, 0.15) is 18.7 Å². The molecule has 1 aromatic heterocycles. The van der Waals surface area contributed by atoms with Crippen molar-refractivity contribution in [1.29, 1.82) is 0 Å². The number of benzene rings is 1. The summed E-state index contributed by atoms with van der Waals surface area (Å²) in [5.74, 6) is 0.478. The molecule has 0 radical (unpaired) electrons. The number of thiophene rings is 1. The molecule has 0 amide bonds. The Balaban J connectivity index is 2.55. The predicted octanol–water partition coefficient (Wildman–Crippen LogP) is 3.87. The number of hydrogen-bond acceptors (Lipinski definition) is 3. The Bertz CT molecular complexity index is 703. The van der Waals surface area contributed by atoms with Crippen LogP contribution in [0.5, 0.6) is 0 Å². The highest BCUT2D eigenvalue weighted by Crippen LogP contribution is 2.35. The van der Waals surface area contributed by atoms with E-state index in [4.69, 9.17) is 5.14 Å². The van der Waals surface area contributed by atoms with Crippen LogP contribution >= 0.6 is 33.9 Å². The number of rotatable bonds is 4. The SMILES string of the molecule is CC(C)Cc1cc(-c2ccc(I)cc2)c(S(N)(=O)=O)s1. The van der Waals surface area contributed by atoms with Gasteiger partial charge in [-0.2, -0.15) is 0 Å². The highest BCUT2D eigenvalue weighted by molar-refractivity contribution is 14.1. The van der Waals surface area contributed by atoms with Gasteiger partial charge in [0.25, 0.3) is 0 Å². The topological polar surface area (TPSA) is 60.2 Å². The van der Waals surface area contributed by atoms with Crippen molar-refractivity contribution in [1.82, 2.24) is 0 Å². The molecular weight excluding hydrogens is 405 g/mol. The molecule has 0 aliphatic rings. The lowest BCUT2D eigenvalue weighted by molar-refractivity contribution is 0.600. The monoisotopic (exact) mass is 421 g/mol. The van der Waals surface area contributed by atoms with Crippen LogP contribution in [0.25, 0.3) is 11.1 Å². The van der Waals surface area contributed by atoms with E-state index in [9.17, 15) is 8.42 Å². The van der Waals surface area contributed by atoms with Gasteiger partial charge in [0.05, 0.1) is 0 Å². The molecule has 0 aliphatic carbocycles. The van der Waals surface area contributed by atoms with Crippen LogP contribution in [0.2, 0.25) is 0 Å².